The second-order valence-electron chi connectivity index (χ2n) is 8.78. The highest BCUT2D eigenvalue weighted by Gasteiger charge is 2.45. The number of rotatable bonds is 4. The first-order chi connectivity index (χ1) is 17.4. The van der Waals surface area contributed by atoms with Gasteiger partial charge < -0.3 is 9.97 Å². The molecule has 176 valence electrons. The van der Waals surface area contributed by atoms with Crippen LogP contribution in [0.4, 0.5) is 11.4 Å². The first kappa shape index (κ1) is 21.5. The Morgan fingerprint density at radius 1 is 0.694 bits per heavy atom. The molecule has 0 bridgehead atoms. The van der Waals surface area contributed by atoms with Crippen molar-refractivity contribution in [3.8, 4) is 0 Å². The monoisotopic (exact) mass is 476 g/mol. The summed E-state index contributed by atoms with van der Waals surface area (Å²) in [6.07, 6.45) is 0. The number of aromatic amines is 2. The smallest absolute Gasteiger partial charge is 0.293 e. The number of carbonyl (C=O) groups is 2. The van der Waals surface area contributed by atoms with E-state index in [9.17, 15) is 19.7 Å². The van der Waals surface area contributed by atoms with E-state index < -0.39 is 16.7 Å². The summed E-state index contributed by atoms with van der Waals surface area (Å²) in [7, 11) is 0. The fraction of sp³-hybridized carbons (Fsp3) is 0.0714. The highest BCUT2D eigenvalue weighted by atomic mass is 16.6. The number of nitro benzene ring substituents is 1. The Hall–Kier alpha value is -4.98. The van der Waals surface area contributed by atoms with Gasteiger partial charge in [-0.2, -0.15) is 0 Å². The van der Waals surface area contributed by atoms with Gasteiger partial charge in [-0.1, -0.05) is 48.5 Å². The molecule has 1 aliphatic heterocycles. The fourth-order valence-corrected chi connectivity index (χ4v) is 5.22. The number of carbonyl (C=O) groups excluding carboxylic acids is 2. The van der Waals surface area contributed by atoms with E-state index in [1.807, 2.05) is 62.4 Å². The lowest BCUT2D eigenvalue weighted by Gasteiger charge is -2.15. The molecule has 0 saturated carbocycles. The van der Waals surface area contributed by atoms with Gasteiger partial charge in [-0.05, 0) is 32.0 Å². The predicted molar refractivity (Wildman–Crippen MR) is 138 cm³/mol. The van der Waals surface area contributed by atoms with Gasteiger partial charge >= 0.3 is 0 Å². The van der Waals surface area contributed by atoms with Gasteiger partial charge in [0.15, 0.2) is 0 Å². The van der Waals surface area contributed by atoms with Crippen molar-refractivity contribution in [1.82, 2.24) is 9.97 Å². The lowest BCUT2D eigenvalue weighted by molar-refractivity contribution is -0.384. The van der Waals surface area contributed by atoms with E-state index in [0.717, 1.165) is 38.1 Å². The third-order valence-electron chi connectivity index (χ3n) is 6.69. The summed E-state index contributed by atoms with van der Waals surface area (Å²) in [6.45, 7) is 3.71. The summed E-state index contributed by atoms with van der Waals surface area (Å²) in [5.74, 6) is -1.19. The Morgan fingerprint density at radius 2 is 1.14 bits per heavy atom. The van der Waals surface area contributed by atoms with Crippen LogP contribution in [0.15, 0.2) is 72.8 Å². The number of H-pyrrole nitrogens is 2. The molecule has 0 aliphatic carbocycles. The molecule has 3 aromatic carbocycles. The molecule has 1 aliphatic rings. The number of aromatic nitrogens is 2. The molecule has 2 amide bonds. The summed E-state index contributed by atoms with van der Waals surface area (Å²) >= 11 is 0. The van der Waals surface area contributed by atoms with Crippen LogP contribution in [0, 0.1) is 24.0 Å². The van der Waals surface area contributed by atoms with Crippen molar-refractivity contribution in [3.05, 3.63) is 105 Å². The number of para-hydroxylation sites is 4. The molecule has 5 aromatic rings. The molecule has 0 fully saturated rings. The summed E-state index contributed by atoms with van der Waals surface area (Å²) < 4.78 is 0. The second kappa shape index (κ2) is 7.78. The number of nitrogens with zero attached hydrogens (tertiary/aromatic N) is 2. The SMILES string of the molecule is Cc1[nH]c2ccccc2c1C1=C(c2c(C)[nH]c3ccccc23)C(=O)N(c2ccccc2[N+](=O)[O-])C1=O. The molecular weight excluding hydrogens is 456 g/mol. The lowest BCUT2D eigenvalue weighted by atomic mass is 9.93. The number of nitro groups is 1. The number of benzene rings is 3. The molecule has 0 atom stereocenters. The maximum absolute atomic E-state index is 14.1. The van der Waals surface area contributed by atoms with Gasteiger partial charge in [0.05, 0.1) is 16.1 Å². The molecule has 2 aromatic heterocycles. The average Bonchev–Trinajstić information content (AvgIpc) is 3.45. The van der Waals surface area contributed by atoms with E-state index in [1.54, 1.807) is 6.07 Å². The Labute approximate surface area is 205 Å². The molecule has 6 rings (SSSR count). The summed E-state index contributed by atoms with van der Waals surface area (Å²) in [5, 5.41) is 13.4. The molecule has 2 N–H and O–H groups in total. The zero-order valence-corrected chi connectivity index (χ0v) is 19.5. The van der Waals surface area contributed by atoms with Crippen molar-refractivity contribution < 1.29 is 14.5 Å². The van der Waals surface area contributed by atoms with Crippen molar-refractivity contribution in [1.29, 1.82) is 0 Å². The second-order valence-corrected chi connectivity index (χ2v) is 8.78. The van der Waals surface area contributed by atoms with E-state index in [-0.39, 0.29) is 22.5 Å². The van der Waals surface area contributed by atoms with E-state index in [4.69, 9.17) is 0 Å². The third-order valence-corrected chi connectivity index (χ3v) is 6.69. The minimum Gasteiger partial charge on any atom is -0.358 e. The molecular formula is C28H20N4O4. The van der Waals surface area contributed by atoms with Gasteiger partial charge in [-0.3, -0.25) is 19.7 Å². The van der Waals surface area contributed by atoms with Gasteiger partial charge in [-0.25, -0.2) is 4.90 Å². The van der Waals surface area contributed by atoms with Crippen molar-refractivity contribution in [3.63, 3.8) is 0 Å². The summed E-state index contributed by atoms with van der Waals surface area (Å²) in [5.41, 5.74) is 4.43. The quantitative estimate of drug-likeness (QED) is 0.198. The Morgan fingerprint density at radius 3 is 1.64 bits per heavy atom. The lowest BCUT2D eigenvalue weighted by Crippen LogP contribution is -2.32. The van der Waals surface area contributed by atoms with Crippen LogP contribution in [0.25, 0.3) is 33.0 Å². The highest BCUT2D eigenvalue weighted by Crippen LogP contribution is 2.45. The number of aryl methyl sites for hydroxylation is 2. The van der Waals surface area contributed by atoms with Gasteiger partial charge in [-0.15, -0.1) is 0 Å². The zero-order valence-electron chi connectivity index (χ0n) is 19.5. The topological polar surface area (TPSA) is 112 Å². The maximum atomic E-state index is 14.1. The van der Waals surface area contributed by atoms with Crippen LogP contribution in [0.2, 0.25) is 0 Å². The number of imide groups is 1. The molecule has 36 heavy (non-hydrogen) atoms. The van der Waals surface area contributed by atoms with Crippen LogP contribution in [0.5, 0.6) is 0 Å². The van der Waals surface area contributed by atoms with Gasteiger partial charge in [0.1, 0.15) is 5.69 Å². The highest BCUT2D eigenvalue weighted by molar-refractivity contribution is 6.58. The van der Waals surface area contributed by atoms with Crippen LogP contribution < -0.4 is 4.90 Å². The largest absolute Gasteiger partial charge is 0.358 e. The normalized spacial score (nSPS) is 14.0. The first-order valence-electron chi connectivity index (χ1n) is 11.4. The number of amides is 2. The molecule has 0 saturated heterocycles. The minimum absolute atomic E-state index is 0.0556. The minimum atomic E-state index is -0.596. The van der Waals surface area contributed by atoms with Crippen molar-refractivity contribution >= 4 is 56.1 Å². The Balaban J connectivity index is 1.71. The van der Waals surface area contributed by atoms with Crippen molar-refractivity contribution in [2.45, 2.75) is 13.8 Å². The van der Waals surface area contributed by atoms with Crippen LogP contribution in [0.1, 0.15) is 22.5 Å². The Bertz CT molecular complexity index is 1690. The number of anilines is 1. The van der Waals surface area contributed by atoms with Crippen LogP contribution in [0.3, 0.4) is 0 Å². The zero-order chi connectivity index (χ0) is 25.1. The van der Waals surface area contributed by atoms with E-state index in [1.165, 1.54) is 18.2 Å². The van der Waals surface area contributed by atoms with E-state index >= 15 is 0 Å². The van der Waals surface area contributed by atoms with Gasteiger partial charge in [0.25, 0.3) is 17.5 Å². The molecule has 0 unspecified atom stereocenters. The van der Waals surface area contributed by atoms with Crippen molar-refractivity contribution in [2.75, 3.05) is 4.90 Å². The maximum Gasteiger partial charge on any atom is 0.293 e. The predicted octanol–water partition coefficient (Wildman–Crippen LogP) is 5.66. The number of hydrogen-bond acceptors (Lipinski definition) is 4. The van der Waals surface area contributed by atoms with Crippen LogP contribution in [-0.4, -0.2) is 26.7 Å². The molecule has 0 radical (unpaired) electrons. The Kier molecular flexibility index (Phi) is 4.65. The summed E-state index contributed by atoms with van der Waals surface area (Å²) in [6, 6.07) is 20.9. The molecule has 0 spiro atoms. The number of fused-ring (bicyclic) bond motifs is 2. The van der Waals surface area contributed by atoms with Crippen molar-refractivity contribution in [2.24, 2.45) is 0 Å². The molecule has 8 nitrogen and oxygen atoms in total. The van der Waals surface area contributed by atoms with E-state index in [0.29, 0.717) is 11.1 Å². The number of hydrogen-bond donors (Lipinski definition) is 2. The van der Waals surface area contributed by atoms with Crippen LogP contribution in [-0.2, 0) is 9.59 Å². The van der Waals surface area contributed by atoms with E-state index in [2.05, 4.69) is 9.97 Å². The number of nitrogens with one attached hydrogen (secondary N) is 2. The standard InChI is InChI=1S/C28H20N4O4/c1-15-23(17-9-3-5-11-19(17)29-15)25-26(24-16(2)30-20-12-6-4-10-18(20)24)28(34)31(27(25)33)21-13-7-8-14-22(21)32(35)36/h3-14,29-30H,1-2H3. The average molecular weight is 476 g/mol. The third kappa shape index (κ3) is 2.94. The van der Waals surface area contributed by atoms with Crippen LogP contribution >= 0.6 is 0 Å². The van der Waals surface area contributed by atoms with Gasteiger partial charge in [0.2, 0.25) is 0 Å². The first-order valence-corrected chi connectivity index (χ1v) is 11.4. The molecule has 3 heterocycles. The molecule has 8 heteroatoms. The van der Waals surface area contributed by atoms with Gasteiger partial charge in [0, 0.05) is 50.4 Å². The summed E-state index contributed by atoms with van der Waals surface area (Å²) in [4.78, 5) is 47.1. The fourth-order valence-electron chi connectivity index (χ4n) is 5.22.